The first-order valence-electron chi connectivity index (χ1n) is 9.43. The number of carboxylic acids is 1. The van der Waals surface area contributed by atoms with Crippen molar-refractivity contribution in [2.24, 2.45) is 17.8 Å². The summed E-state index contributed by atoms with van der Waals surface area (Å²) in [6, 6.07) is -0.328. The molecule has 8 nitrogen and oxygen atoms in total. The van der Waals surface area contributed by atoms with Gasteiger partial charge in [0.1, 0.15) is 5.70 Å². The van der Waals surface area contributed by atoms with Gasteiger partial charge in [0, 0.05) is 29.2 Å². The minimum atomic E-state index is -1.14. The second kappa shape index (κ2) is 7.81. The highest BCUT2D eigenvalue weighted by molar-refractivity contribution is 8.03. The summed E-state index contributed by atoms with van der Waals surface area (Å²) < 4.78 is 0. The predicted molar refractivity (Wildman–Crippen MR) is 101 cm³/mol. The lowest BCUT2D eigenvalue weighted by molar-refractivity contribution is -0.163. The molecule has 3 aliphatic rings. The second-order valence-corrected chi connectivity index (χ2v) is 8.70. The Morgan fingerprint density at radius 1 is 1.44 bits per heavy atom. The SMILES string of the molecule is CCNC(=O)[C@H]1CCNC[C@H]1SC1=C(C(=O)O)N2C(=O)[C@H]([C@@H](C)O)[C@H]2[C@H]1C. The standard InChI is InChI=1S/C18H27N3O5S/c1-4-20-16(23)10-5-6-19-7-11(10)27-15-8(2)13-12(9(3)22)17(24)21(13)14(15)18(25)26/h8-13,19,22H,4-7H2,1-3H3,(H,20,23)(H,25,26)/t8-,9-,10+,11-,12-,13-/m1/s1. The van der Waals surface area contributed by atoms with Crippen LogP contribution in [0.25, 0.3) is 0 Å². The van der Waals surface area contributed by atoms with Gasteiger partial charge in [0.2, 0.25) is 11.8 Å². The maximum Gasteiger partial charge on any atom is 0.353 e. The topological polar surface area (TPSA) is 119 Å². The molecule has 2 fully saturated rings. The van der Waals surface area contributed by atoms with Crippen molar-refractivity contribution >= 4 is 29.5 Å². The summed E-state index contributed by atoms with van der Waals surface area (Å²) in [5.41, 5.74) is 0.0135. The van der Waals surface area contributed by atoms with E-state index in [1.165, 1.54) is 16.7 Å². The van der Waals surface area contributed by atoms with Crippen LogP contribution in [0.1, 0.15) is 27.2 Å². The average Bonchev–Trinajstić information content (AvgIpc) is 2.84. The molecular formula is C18H27N3O5S. The monoisotopic (exact) mass is 397 g/mol. The zero-order valence-corrected chi connectivity index (χ0v) is 16.6. The average molecular weight is 397 g/mol. The van der Waals surface area contributed by atoms with Crippen LogP contribution in [0.5, 0.6) is 0 Å². The van der Waals surface area contributed by atoms with Gasteiger partial charge < -0.3 is 25.7 Å². The molecule has 0 aromatic heterocycles. The molecular weight excluding hydrogens is 370 g/mol. The van der Waals surface area contributed by atoms with Gasteiger partial charge in [-0.05, 0) is 26.8 Å². The molecule has 6 atom stereocenters. The Bertz CT molecular complexity index is 680. The Morgan fingerprint density at radius 2 is 2.15 bits per heavy atom. The third-order valence-electron chi connectivity index (χ3n) is 5.70. The van der Waals surface area contributed by atoms with Crippen LogP contribution in [-0.2, 0) is 14.4 Å². The van der Waals surface area contributed by atoms with E-state index in [1.54, 1.807) is 6.92 Å². The maximum absolute atomic E-state index is 12.4. The lowest BCUT2D eigenvalue weighted by Crippen LogP contribution is -2.63. The first-order chi connectivity index (χ1) is 12.8. The number of piperidine rings is 1. The fraction of sp³-hybridized carbons (Fsp3) is 0.722. The van der Waals surface area contributed by atoms with Gasteiger partial charge in [0.05, 0.1) is 24.0 Å². The highest BCUT2D eigenvalue weighted by Crippen LogP contribution is 2.52. The number of carbonyl (C=O) groups excluding carboxylic acids is 2. The molecule has 0 aromatic rings. The summed E-state index contributed by atoms with van der Waals surface area (Å²) in [7, 11) is 0. The molecule has 3 heterocycles. The molecule has 2 saturated heterocycles. The Hall–Kier alpha value is -1.58. The van der Waals surface area contributed by atoms with Crippen LogP contribution in [0, 0.1) is 17.8 Å². The van der Waals surface area contributed by atoms with Gasteiger partial charge in [0.25, 0.3) is 0 Å². The van der Waals surface area contributed by atoms with Crippen molar-refractivity contribution in [3.8, 4) is 0 Å². The fourth-order valence-corrected chi connectivity index (χ4v) is 6.00. The number of aliphatic hydroxyl groups excluding tert-OH is 1. The number of β-lactam (4-membered cyclic amide) rings is 1. The molecule has 3 aliphatic heterocycles. The molecule has 27 heavy (non-hydrogen) atoms. The molecule has 0 saturated carbocycles. The summed E-state index contributed by atoms with van der Waals surface area (Å²) in [6.07, 6.45) is -0.129. The minimum Gasteiger partial charge on any atom is -0.477 e. The van der Waals surface area contributed by atoms with Crippen LogP contribution in [0.4, 0.5) is 0 Å². The Kier molecular flexibility index (Phi) is 5.83. The molecule has 0 radical (unpaired) electrons. The van der Waals surface area contributed by atoms with E-state index in [0.717, 1.165) is 6.54 Å². The van der Waals surface area contributed by atoms with Crippen molar-refractivity contribution in [1.29, 1.82) is 0 Å². The minimum absolute atomic E-state index is 0.0131. The predicted octanol–water partition coefficient (Wildman–Crippen LogP) is -0.0125. The summed E-state index contributed by atoms with van der Waals surface area (Å²) in [4.78, 5) is 38.7. The Balaban J connectivity index is 1.87. The molecule has 2 amide bonds. The number of aliphatic hydroxyl groups is 1. The van der Waals surface area contributed by atoms with E-state index in [9.17, 15) is 24.6 Å². The molecule has 0 aromatic carbocycles. The van der Waals surface area contributed by atoms with Gasteiger partial charge in [-0.1, -0.05) is 6.92 Å². The number of carboxylic acid groups (broad SMARTS) is 1. The number of fused-ring (bicyclic) bond motifs is 1. The zero-order valence-electron chi connectivity index (χ0n) is 15.8. The van der Waals surface area contributed by atoms with E-state index in [4.69, 9.17) is 0 Å². The lowest BCUT2D eigenvalue weighted by atomic mass is 9.79. The lowest BCUT2D eigenvalue weighted by Gasteiger charge is -2.46. The van der Waals surface area contributed by atoms with Crippen LogP contribution >= 0.6 is 11.8 Å². The molecule has 0 spiro atoms. The number of hydrogen-bond donors (Lipinski definition) is 4. The molecule has 0 aliphatic carbocycles. The van der Waals surface area contributed by atoms with Crippen molar-refractivity contribution in [2.75, 3.05) is 19.6 Å². The van der Waals surface area contributed by atoms with Crippen LogP contribution in [0.2, 0.25) is 0 Å². The largest absolute Gasteiger partial charge is 0.477 e. The molecule has 9 heteroatoms. The van der Waals surface area contributed by atoms with Gasteiger partial charge in [-0.15, -0.1) is 11.8 Å². The quantitative estimate of drug-likeness (QED) is 0.465. The van der Waals surface area contributed by atoms with E-state index in [2.05, 4.69) is 10.6 Å². The highest BCUT2D eigenvalue weighted by atomic mass is 32.2. The first-order valence-corrected chi connectivity index (χ1v) is 10.3. The van der Waals surface area contributed by atoms with Gasteiger partial charge in [-0.3, -0.25) is 9.59 Å². The number of aliphatic carboxylic acids is 1. The van der Waals surface area contributed by atoms with Gasteiger partial charge >= 0.3 is 5.97 Å². The third kappa shape index (κ3) is 3.36. The number of thioether (sulfide) groups is 1. The van der Waals surface area contributed by atoms with Gasteiger partial charge in [-0.25, -0.2) is 4.79 Å². The van der Waals surface area contributed by atoms with Crippen LogP contribution in [0.15, 0.2) is 10.6 Å². The van der Waals surface area contributed by atoms with Crippen LogP contribution in [0.3, 0.4) is 0 Å². The van der Waals surface area contributed by atoms with E-state index < -0.39 is 18.0 Å². The third-order valence-corrected chi connectivity index (χ3v) is 7.32. The van der Waals surface area contributed by atoms with Crippen LogP contribution in [-0.4, -0.2) is 69.9 Å². The normalized spacial score (nSPS) is 34.1. The van der Waals surface area contributed by atoms with E-state index >= 15 is 0 Å². The fourth-order valence-electron chi connectivity index (χ4n) is 4.40. The van der Waals surface area contributed by atoms with Crippen molar-refractivity contribution in [1.82, 2.24) is 15.5 Å². The second-order valence-electron chi connectivity index (χ2n) is 7.42. The number of nitrogens with zero attached hydrogens (tertiary/aromatic N) is 1. The van der Waals surface area contributed by atoms with E-state index in [1.807, 2.05) is 13.8 Å². The van der Waals surface area contributed by atoms with Gasteiger partial charge in [0.15, 0.2) is 0 Å². The zero-order chi connectivity index (χ0) is 19.9. The first kappa shape index (κ1) is 20.2. The summed E-state index contributed by atoms with van der Waals surface area (Å²) in [5, 5.41) is 25.7. The van der Waals surface area contributed by atoms with Gasteiger partial charge in [-0.2, -0.15) is 0 Å². The van der Waals surface area contributed by atoms with Crippen molar-refractivity contribution in [3.63, 3.8) is 0 Å². The maximum atomic E-state index is 12.4. The summed E-state index contributed by atoms with van der Waals surface area (Å²) in [5.74, 6) is -2.45. The van der Waals surface area contributed by atoms with Crippen molar-refractivity contribution < 1.29 is 24.6 Å². The summed E-state index contributed by atoms with van der Waals surface area (Å²) in [6.45, 7) is 7.24. The van der Waals surface area contributed by atoms with E-state index in [0.29, 0.717) is 24.4 Å². The molecule has 4 N–H and O–H groups in total. The van der Waals surface area contributed by atoms with Crippen molar-refractivity contribution in [2.45, 2.75) is 44.6 Å². The number of nitrogens with one attached hydrogen (secondary N) is 2. The number of rotatable bonds is 6. The smallest absolute Gasteiger partial charge is 0.353 e. The molecule has 0 unspecified atom stereocenters. The van der Waals surface area contributed by atoms with Crippen LogP contribution < -0.4 is 10.6 Å². The molecule has 150 valence electrons. The van der Waals surface area contributed by atoms with Crippen molar-refractivity contribution in [3.05, 3.63) is 10.6 Å². The summed E-state index contributed by atoms with van der Waals surface area (Å²) >= 11 is 1.40. The highest BCUT2D eigenvalue weighted by Gasteiger charge is 2.60. The Morgan fingerprint density at radius 3 is 2.74 bits per heavy atom. The number of amides is 2. The molecule has 0 bridgehead atoms. The molecule has 3 rings (SSSR count). The number of hydrogen-bond acceptors (Lipinski definition) is 6. The van der Waals surface area contributed by atoms with E-state index in [-0.39, 0.29) is 40.6 Å². The Labute approximate surface area is 162 Å². The number of carbonyl (C=O) groups is 3.